The molecular formula is C10H4F17LiO3S. The molecule has 0 aliphatic heterocycles. The van der Waals surface area contributed by atoms with Crippen molar-refractivity contribution in [2.75, 3.05) is 0 Å². The van der Waals surface area contributed by atoms with Crippen LogP contribution in [0.4, 0.5) is 74.6 Å². The number of alkyl halides is 17. The standard InChI is InChI=1S/C10H5F17O3S.Li/c1-2(11)3(12,13)4(14,15)5(16,17)6(18,19)7(20,21)8(22,23)9(24,25)10(26,27)31(28,29)30;/h2H,1H3,(H,28,29,30);/q;+1/p-1. The molecule has 1 atom stereocenters. The molecule has 32 heavy (non-hydrogen) atoms. The van der Waals surface area contributed by atoms with Crippen LogP contribution < -0.4 is 18.9 Å². The first kappa shape index (κ1) is 33.5. The van der Waals surface area contributed by atoms with Crippen LogP contribution in [-0.2, 0) is 10.1 Å². The molecule has 0 aromatic heterocycles. The number of rotatable bonds is 9. The van der Waals surface area contributed by atoms with E-state index in [1.807, 2.05) is 0 Å². The van der Waals surface area contributed by atoms with Crippen molar-refractivity contribution in [3.05, 3.63) is 0 Å². The Balaban J connectivity index is 0. The molecule has 0 bridgehead atoms. The van der Waals surface area contributed by atoms with E-state index in [0.29, 0.717) is 0 Å². The first-order valence-electron chi connectivity index (χ1n) is 6.56. The molecule has 0 heterocycles. The molecule has 0 aromatic rings. The van der Waals surface area contributed by atoms with Gasteiger partial charge in [-0.2, -0.15) is 70.2 Å². The summed E-state index contributed by atoms with van der Waals surface area (Å²) >= 11 is 0. The van der Waals surface area contributed by atoms with Crippen LogP contribution in [0.5, 0.6) is 0 Å². The van der Waals surface area contributed by atoms with E-state index in [2.05, 4.69) is 0 Å². The van der Waals surface area contributed by atoms with E-state index in [1.165, 1.54) is 0 Å². The van der Waals surface area contributed by atoms with Gasteiger partial charge in [-0.1, -0.05) is 0 Å². The molecule has 22 heteroatoms. The van der Waals surface area contributed by atoms with Gasteiger partial charge in [0.05, 0.1) is 0 Å². The van der Waals surface area contributed by atoms with Gasteiger partial charge >= 0.3 is 65.6 Å². The molecule has 0 saturated carbocycles. The largest absolute Gasteiger partial charge is 1.00 e. The summed E-state index contributed by atoms with van der Waals surface area (Å²) in [5.74, 6) is -58.7. The molecule has 0 fully saturated rings. The fraction of sp³-hybridized carbons (Fsp3) is 1.00. The SMILES string of the molecule is CC(F)C(F)(F)C(F)(F)C(F)(F)C(F)(F)C(F)(F)C(F)(F)C(F)(F)C(F)(F)S(=O)(=O)[O-].[Li+]. The van der Waals surface area contributed by atoms with Gasteiger partial charge in [-0.25, -0.2) is 12.8 Å². The summed E-state index contributed by atoms with van der Waals surface area (Å²) in [4.78, 5) is 0. The smallest absolute Gasteiger partial charge is 0.743 e. The molecule has 0 spiro atoms. The summed E-state index contributed by atoms with van der Waals surface area (Å²) in [6, 6.07) is 0. The Hall–Kier alpha value is -0.683. The van der Waals surface area contributed by atoms with Gasteiger partial charge in [0, 0.05) is 0 Å². The minimum absolute atomic E-state index is 0. The Bertz CT molecular complexity index is 790. The summed E-state index contributed by atoms with van der Waals surface area (Å²) in [5.41, 5.74) is 0. The van der Waals surface area contributed by atoms with Crippen molar-refractivity contribution >= 4 is 10.1 Å². The van der Waals surface area contributed by atoms with Crippen LogP contribution in [0.2, 0.25) is 0 Å². The molecule has 3 nitrogen and oxygen atoms in total. The Morgan fingerprint density at radius 3 is 1.00 bits per heavy atom. The van der Waals surface area contributed by atoms with Gasteiger partial charge in [0.25, 0.3) is 0 Å². The van der Waals surface area contributed by atoms with E-state index in [4.69, 9.17) is 0 Å². The summed E-state index contributed by atoms with van der Waals surface area (Å²) < 4.78 is 251. The Kier molecular flexibility index (Phi) is 8.60. The quantitative estimate of drug-likeness (QED) is 0.258. The molecule has 1 unspecified atom stereocenters. The zero-order chi connectivity index (χ0) is 26.1. The van der Waals surface area contributed by atoms with Gasteiger partial charge in [-0.05, 0) is 6.92 Å². The molecule has 0 rings (SSSR count). The molecule has 0 N–H and O–H groups in total. The number of hydrogen-bond acceptors (Lipinski definition) is 3. The van der Waals surface area contributed by atoms with Crippen molar-refractivity contribution in [3.63, 3.8) is 0 Å². The summed E-state index contributed by atoms with van der Waals surface area (Å²) in [5, 5.41) is -7.95. The maximum absolute atomic E-state index is 13.3. The average molecular weight is 534 g/mol. The van der Waals surface area contributed by atoms with Crippen molar-refractivity contribution in [3.8, 4) is 0 Å². The average Bonchev–Trinajstić information content (AvgIpc) is 2.52. The Morgan fingerprint density at radius 2 is 0.781 bits per heavy atom. The maximum atomic E-state index is 13.3. The van der Waals surface area contributed by atoms with Crippen LogP contribution in [0.3, 0.4) is 0 Å². The normalized spacial score (nSPS) is 17.1. The van der Waals surface area contributed by atoms with Crippen molar-refractivity contribution < 1.29 is 106 Å². The second-order valence-corrected chi connectivity index (χ2v) is 7.08. The van der Waals surface area contributed by atoms with Crippen LogP contribution in [0.25, 0.3) is 0 Å². The zero-order valence-corrected chi connectivity index (χ0v) is 15.5. The van der Waals surface area contributed by atoms with Crippen molar-refractivity contribution in [2.24, 2.45) is 0 Å². The third-order valence-electron chi connectivity index (χ3n) is 3.57. The number of hydrogen-bond donors (Lipinski definition) is 0. The molecule has 0 radical (unpaired) electrons. The van der Waals surface area contributed by atoms with Crippen LogP contribution in [0.15, 0.2) is 0 Å². The van der Waals surface area contributed by atoms with Gasteiger partial charge in [0.15, 0.2) is 16.3 Å². The minimum Gasteiger partial charge on any atom is -0.743 e. The van der Waals surface area contributed by atoms with Gasteiger partial charge in [0.1, 0.15) is 0 Å². The van der Waals surface area contributed by atoms with Crippen LogP contribution in [0, 0.1) is 0 Å². The molecule has 188 valence electrons. The summed E-state index contributed by atoms with van der Waals surface area (Å²) in [6.45, 7) is -0.733. The second kappa shape index (κ2) is 8.22. The third-order valence-corrected chi connectivity index (χ3v) is 4.45. The van der Waals surface area contributed by atoms with Gasteiger partial charge in [0.2, 0.25) is 0 Å². The van der Waals surface area contributed by atoms with Gasteiger partial charge in [-0.3, -0.25) is 0 Å². The van der Waals surface area contributed by atoms with Crippen molar-refractivity contribution in [1.29, 1.82) is 0 Å². The molecule has 0 aromatic carbocycles. The van der Waals surface area contributed by atoms with Gasteiger partial charge in [-0.15, -0.1) is 0 Å². The third kappa shape index (κ3) is 3.93. The monoisotopic (exact) mass is 534 g/mol. The molecule has 0 amide bonds. The predicted octanol–water partition coefficient (Wildman–Crippen LogP) is 1.93. The van der Waals surface area contributed by atoms with E-state index in [9.17, 15) is 87.6 Å². The Morgan fingerprint density at radius 1 is 0.562 bits per heavy atom. The number of halogens is 17. The molecule has 0 aliphatic carbocycles. The zero-order valence-electron chi connectivity index (χ0n) is 14.6. The van der Waals surface area contributed by atoms with Crippen LogP contribution >= 0.6 is 0 Å². The van der Waals surface area contributed by atoms with Crippen molar-refractivity contribution in [2.45, 2.75) is 59.8 Å². The topological polar surface area (TPSA) is 57.2 Å². The van der Waals surface area contributed by atoms with E-state index < -0.39 is 69.9 Å². The first-order valence-corrected chi connectivity index (χ1v) is 7.97. The minimum atomic E-state index is -8.89. The maximum Gasteiger partial charge on any atom is 1.00 e. The van der Waals surface area contributed by atoms with Crippen LogP contribution in [0.1, 0.15) is 6.92 Å². The predicted molar refractivity (Wildman–Crippen MR) is 59.8 cm³/mol. The van der Waals surface area contributed by atoms with Crippen LogP contribution in [-0.4, -0.2) is 65.9 Å². The van der Waals surface area contributed by atoms with E-state index in [-0.39, 0.29) is 18.9 Å². The van der Waals surface area contributed by atoms with Crippen molar-refractivity contribution in [1.82, 2.24) is 0 Å². The fourth-order valence-electron chi connectivity index (χ4n) is 1.59. The fourth-order valence-corrected chi connectivity index (χ4v) is 2.03. The Labute approximate surface area is 177 Å². The molecular weight excluding hydrogens is 530 g/mol. The summed E-state index contributed by atoms with van der Waals surface area (Å²) in [7, 11) is -8.14. The van der Waals surface area contributed by atoms with E-state index in [0.717, 1.165) is 0 Å². The summed E-state index contributed by atoms with van der Waals surface area (Å²) in [6.07, 6.45) is -4.59. The molecule has 0 saturated heterocycles. The molecule has 0 aliphatic rings. The van der Waals surface area contributed by atoms with Gasteiger partial charge < -0.3 is 4.55 Å². The van der Waals surface area contributed by atoms with E-state index in [1.54, 1.807) is 0 Å². The van der Waals surface area contributed by atoms with E-state index >= 15 is 0 Å². The first-order chi connectivity index (χ1) is 12.9. The second-order valence-electron chi connectivity index (χ2n) is 5.66.